The van der Waals surface area contributed by atoms with Crippen molar-refractivity contribution >= 4 is 39.9 Å². The number of carbonyl (C=O) groups is 2. The number of aromatic nitrogens is 5. The molecular formula is C24H20ClN7O3S. The van der Waals surface area contributed by atoms with E-state index in [1.165, 1.54) is 37.0 Å². The second-order valence-electron chi connectivity index (χ2n) is 8.17. The lowest BCUT2D eigenvalue weighted by atomic mass is 10.0. The van der Waals surface area contributed by atoms with Gasteiger partial charge in [-0.3, -0.25) is 19.9 Å². The third-order valence-corrected chi connectivity index (χ3v) is 6.96. The molecule has 2 amide bonds. The quantitative estimate of drug-likeness (QED) is 0.390. The number of ether oxygens (including phenoxy) is 1. The molecule has 0 spiro atoms. The Bertz CT molecular complexity index is 1480. The molecule has 0 saturated heterocycles. The van der Waals surface area contributed by atoms with Gasteiger partial charge in [0, 0.05) is 23.0 Å². The van der Waals surface area contributed by atoms with Crippen LogP contribution in [-0.4, -0.2) is 49.0 Å². The van der Waals surface area contributed by atoms with Crippen molar-refractivity contribution in [3.05, 3.63) is 75.0 Å². The number of hydrogen-bond donors (Lipinski definition) is 1. The van der Waals surface area contributed by atoms with Gasteiger partial charge >= 0.3 is 0 Å². The summed E-state index contributed by atoms with van der Waals surface area (Å²) < 4.78 is 5.43. The van der Waals surface area contributed by atoms with Gasteiger partial charge in [0.25, 0.3) is 11.8 Å². The minimum absolute atomic E-state index is 0.126. The molecule has 0 bridgehead atoms. The van der Waals surface area contributed by atoms with Crippen LogP contribution in [0.2, 0.25) is 5.15 Å². The minimum atomic E-state index is -0.369. The lowest BCUT2D eigenvalue weighted by Crippen LogP contribution is -2.26. The number of carbonyl (C=O) groups excluding carboxylic acids is 2. The zero-order chi connectivity index (χ0) is 25.4. The summed E-state index contributed by atoms with van der Waals surface area (Å²) in [5.74, 6) is -0.0125. The summed E-state index contributed by atoms with van der Waals surface area (Å²) in [6.07, 6.45) is 6.06. The molecule has 36 heavy (non-hydrogen) atoms. The van der Waals surface area contributed by atoms with Crippen molar-refractivity contribution in [1.82, 2.24) is 30.0 Å². The molecule has 0 fully saturated rings. The van der Waals surface area contributed by atoms with Crippen molar-refractivity contribution in [2.75, 3.05) is 12.4 Å². The normalized spacial score (nSPS) is 12.4. The molecule has 10 nitrogen and oxygen atoms in total. The number of aryl methyl sites for hydroxylation is 2. The van der Waals surface area contributed by atoms with Crippen LogP contribution in [0.25, 0.3) is 11.1 Å². The van der Waals surface area contributed by atoms with Crippen LogP contribution < -0.4 is 10.1 Å². The number of methoxy groups -OCH3 is 1. The molecule has 0 saturated carbocycles. The summed E-state index contributed by atoms with van der Waals surface area (Å²) >= 11 is 7.46. The molecule has 0 atom stereocenters. The first-order valence-electron chi connectivity index (χ1n) is 10.9. The Kier molecular flexibility index (Phi) is 6.33. The van der Waals surface area contributed by atoms with Crippen LogP contribution in [0.15, 0.2) is 36.9 Å². The van der Waals surface area contributed by atoms with E-state index >= 15 is 0 Å². The number of thiazole rings is 1. The molecule has 1 aliphatic rings. The van der Waals surface area contributed by atoms with Crippen LogP contribution in [0.5, 0.6) is 5.75 Å². The van der Waals surface area contributed by atoms with Crippen molar-refractivity contribution in [2.24, 2.45) is 0 Å². The van der Waals surface area contributed by atoms with Crippen molar-refractivity contribution in [3.8, 4) is 16.9 Å². The highest BCUT2D eigenvalue weighted by Crippen LogP contribution is 2.35. The maximum atomic E-state index is 13.3. The number of hydrogen-bond acceptors (Lipinski definition) is 9. The highest BCUT2D eigenvalue weighted by atomic mass is 35.5. The van der Waals surface area contributed by atoms with Gasteiger partial charge in [0.2, 0.25) is 0 Å². The predicted molar refractivity (Wildman–Crippen MR) is 134 cm³/mol. The number of amides is 2. The van der Waals surface area contributed by atoms with E-state index in [0.29, 0.717) is 46.2 Å². The van der Waals surface area contributed by atoms with E-state index in [-0.39, 0.29) is 17.0 Å². The van der Waals surface area contributed by atoms with Crippen molar-refractivity contribution in [3.63, 3.8) is 0 Å². The lowest BCUT2D eigenvalue weighted by molar-refractivity contribution is 0.0749. The summed E-state index contributed by atoms with van der Waals surface area (Å²) in [4.78, 5) is 41.7. The topological polar surface area (TPSA) is 123 Å². The van der Waals surface area contributed by atoms with Crippen LogP contribution in [0.3, 0.4) is 0 Å². The van der Waals surface area contributed by atoms with Crippen LogP contribution in [-0.2, 0) is 13.1 Å². The van der Waals surface area contributed by atoms with Crippen molar-refractivity contribution in [2.45, 2.75) is 26.9 Å². The summed E-state index contributed by atoms with van der Waals surface area (Å²) in [7, 11) is 1.53. The van der Waals surface area contributed by atoms with Gasteiger partial charge in [-0.2, -0.15) is 10.2 Å². The van der Waals surface area contributed by atoms with Gasteiger partial charge in [0.1, 0.15) is 10.9 Å². The molecule has 4 aromatic heterocycles. The molecule has 0 aliphatic carbocycles. The van der Waals surface area contributed by atoms with Crippen LogP contribution in [0.1, 0.15) is 42.5 Å². The zero-order valence-electron chi connectivity index (χ0n) is 19.6. The van der Waals surface area contributed by atoms with E-state index in [1.807, 2.05) is 13.8 Å². The molecule has 4 aromatic rings. The number of fused-ring (bicyclic) bond motifs is 1. The maximum absolute atomic E-state index is 13.3. The molecular weight excluding hydrogens is 502 g/mol. The van der Waals surface area contributed by atoms with Crippen LogP contribution in [0, 0.1) is 13.8 Å². The standard InChI is InChI=1S/C24H20ClN7O3S/c1-12-6-28-29-8-16(12)23(34)32-10-18-20(11-32)36-24(30-18)31-22(33)17-7-26-13(2)4-14(17)15-5-21(25)27-9-19(15)35-3/h4-9H,10-11H2,1-3H3,(H,30,31,33). The summed E-state index contributed by atoms with van der Waals surface area (Å²) in [5, 5.41) is 11.2. The number of rotatable bonds is 5. The molecule has 1 aliphatic heterocycles. The van der Waals surface area contributed by atoms with Gasteiger partial charge < -0.3 is 9.64 Å². The Morgan fingerprint density at radius 3 is 2.58 bits per heavy atom. The fourth-order valence-corrected chi connectivity index (χ4v) is 5.07. The monoisotopic (exact) mass is 521 g/mol. The fraction of sp³-hybridized carbons (Fsp3) is 0.208. The average Bonchev–Trinajstić information content (AvgIpc) is 3.42. The lowest BCUT2D eigenvalue weighted by Gasteiger charge is -2.16. The number of nitrogens with zero attached hydrogens (tertiary/aromatic N) is 6. The highest BCUT2D eigenvalue weighted by Gasteiger charge is 2.29. The SMILES string of the molecule is COc1cnc(Cl)cc1-c1cc(C)ncc1C(=O)Nc1nc2c(s1)CN(C(=O)c1cnncc1C)C2. The van der Waals surface area contributed by atoms with E-state index in [0.717, 1.165) is 21.8 Å². The van der Waals surface area contributed by atoms with Crippen molar-refractivity contribution < 1.29 is 14.3 Å². The smallest absolute Gasteiger partial charge is 0.259 e. The first-order valence-corrected chi connectivity index (χ1v) is 12.1. The Hall–Kier alpha value is -3.96. The minimum Gasteiger partial charge on any atom is -0.494 e. The molecule has 0 radical (unpaired) electrons. The summed E-state index contributed by atoms with van der Waals surface area (Å²) in [5.41, 5.74) is 4.35. The third kappa shape index (κ3) is 4.50. The van der Waals surface area contributed by atoms with Gasteiger partial charge in [-0.25, -0.2) is 9.97 Å². The molecule has 182 valence electrons. The van der Waals surface area contributed by atoms with E-state index in [2.05, 4.69) is 30.5 Å². The van der Waals surface area contributed by atoms with Crippen LogP contribution in [0.4, 0.5) is 5.13 Å². The Balaban J connectivity index is 1.37. The molecule has 1 N–H and O–H groups in total. The first kappa shape index (κ1) is 23.8. The molecule has 5 heterocycles. The number of halogens is 1. The molecule has 12 heteroatoms. The van der Waals surface area contributed by atoms with Gasteiger partial charge in [-0.1, -0.05) is 22.9 Å². The van der Waals surface area contributed by atoms with Gasteiger partial charge in [0.15, 0.2) is 5.13 Å². The second kappa shape index (κ2) is 9.59. The van der Waals surface area contributed by atoms with Crippen LogP contribution >= 0.6 is 22.9 Å². The van der Waals surface area contributed by atoms with Crippen molar-refractivity contribution in [1.29, 1.82) is 0 Å². The van der Waals surface area contributed by atoms with Gasteiger partial charge in [-0.15, -0.1) is 0 Å². The van der Waals surface area contributed by atoms with E-state index < -0.39 is 0 Å². The largest absolute Gasteiger partial charge is 0.494 e. The van der Waals surface area contributed by atoms with Gasteiger partial charge in [0.05, 0.1) is 60.5 Å². The van der Waals surface area contributed by atoms with E-state index in [4.69, 9.17) is 16.3 Å². The molecule has 5 rings (SSSR count). The highest BCUT2D eigenvalue weighted by molar-refractivity contribution is 7.16. The first-order chi connectivity index (χ1) is 17.3. The van der Waals surface area contributed by atoms with Gasteiger partial charge in [-0.05, 0) is 31.5 Å². The zero-order valence-corrected chi connectivity index (χ0v) is 21.1. The number of anilines is 1. The Labute approximate surface area is 215 Å². The number of nitrogens with one attached hydrogen (secondary N) is 1. The fourth-order valence-electron chi connectivity index (χ4n) is 3.93. The third-order valence-electron chi connectivity index (χ3n) is 5.75. The van der Waals surface area contributed by atoms with E-state index in [1.54, 1.807) is 23.2 Å². The van der Waals surface area contributed by atoms with E-state index in [9.17, 15) is 9.59 Å². The maximum Gasteiger partial charge on any atom is 0.259 e. The summed E-state index contributed by atoms with van der Waals surface area (Å²) in [6.45, 7) is 4.42. The molecule has 0 unspecified atom stereocenters. The number of pyridine rings is 2. The predicted octanol–water partition coefficient (Wildman–Crippen LogP) is 4.08. The Morgan fingerprint density at radius 2 is 1.83 bits per heavy atom. The molecule has 0 aromatic carbocycles. The summed E-state index contributed by atoms with van der Waals surface area (Å²) in [6, 6.07) is 3.44. The Morgan fingerprint density at radius 1 is 1.03 bits per heavy atom. The second-order valence-corrected chi connectivity index (χ2v) is 9.64. The average molecular weight is 522 g/mol.